The summed E-state index contributed by atoms with van der Waals surface area (Å²) in [5.74, 6) is 0.305. The van der Waals surface area contributed by atoms with Crippen molar-refractivity contribution in [1.29, 1.82) is 0 Å². The molecule has 0 aliphatic rings. The van der Waals surface area contributed by atoms with Gasteiger partial charge in [-0.2, -0.15) is 0 Å². The number of esters is 1. The molecular formula is C20H17NO5. The third-order valence-corrected chi connectivity index (χ3v) is 3.94. The third-order valence-electron chi connectivity index (χ3n) is 3.94. The highest BCUT2D eigenvalue weighted by Crippen LogP contribution is 2.20. The largest absolute Gasteiger partial charge is 0.497 e. The Morgan fingerprint density at radius 3 is 2.27 bits per heavy atom. The number of aromatic nitrogens is 1. The first kappa shape index (κ1) is 17.4. The van der Waals surface area contributed by atoms with Gasteiger partial charge in [0.1, 0.15) is 11.5 Å². The van der Waals surface area contributed by atoms with Crippen molar-refractivity contribution in [2.45, 2.75) is 13.5 Å². The summed E-state index contributed by atoms with van der Waals surface area (Å²) < 4.78 is 11.5. The molecule has 132 valence electrons. The van der Waals surface area contributed by atoms with Crippen LogP contribution < -0.4 is 15.0 Å². The summed E-state index contributed by atoms with van der Waals surface area (Å²) in [6, 6.07) is 14.7. The molecule has 0 bridgehead atoms. The number of fused-ring (bicyclic) bond motifs is 1. The van der Waals surface area contributed by atoms with Crippen LogP contribution in [-0.2, 0) is 11.3 Å². The Hall–Kier alpha value is -3.41. The van der Waals surface area contributed by atoms with Crippen LogP contribution in [0, 0.1) is 0 Å². The van der Waals surface area contributed by atoms with Crippen LogP contribution in [0.1, 0.15) is 17.3 Å². The number of rotatable bonds is 5. The number of ether oxygens (including phenoxy) is 2. The lowest BCUT2D eigenvalue weighted by atomic mass is 10.1. The quantitative estimate of drug-likeness (QED) is 0.401. The Labute approximate surface area is 149 Å². The van der Waals surface area contributed by atoms with Crippen LogP contribution in [0.4, 0.5) is 0 Å². The van der Waals surface area contributed by atoms with E-state index in [-0.39, 0.29) is 17.9 Å². The summed E-state index contributed by atoms with van der Waals surface area (Å²) in [5.41, 5.74) is 0.697. The standard InChI is InChI=1S/C20H17NO5/c1-13(22)26-17-9-3-14-6-10-20(24)21(18(14)11-17)12-19(23)15-4-7-16(25-2)8-5-15/h3-11H,12H2,1-2H3. The molecule has 0 saturated carbocycles. The predicted molar refractivity (Wildman–Crippen MR) is 96.8 cm³/mol. The zero-order valence-corrected chi connectivity index (χ0v) is 14.4. The topological polar surface area (TPSA) is 74.6 Å². The van der Waals surface area contributed by atoms with Gasteiger partial charge < -0.3 is 14.0 Å². The van der Waals surface area contributed by atoms with Crippen LogP contribution in [0.3, 0.4) is 0 Å². The third kappa shape index (κ3) is 3.64. The van der Waals surface area contributed by atoms with Gasteiger partial charge in [-0.15, -0.1) is 0 Å². The summed E-state index contributed by atoms with van der Waals surface area (Å²) in [6.45, 7) is 1.18. The molecule has 0 aliphatic carbocycles. The molecular weight excluding hydrogens is 334 g/mol. The minimum Gasteiger partial charge on any atom is -0.497 e. The fourth-order valence-electron chi connectivity index (χ4n) is 2.67. The molecule has 3 aromatic rings. The van der Waals surface area contributed by atoms with Gasteiger partial charge in [0.25, 0.3) is 5.56 Å². The van der Waals surface area contributed by atoms with Crippen LogP contribution in [0.2, 0.25) is 0 Å². The molecule has 0 amide bonds. The van der Waals surface area contributed by atoms with Gasteiger partial charge in [0.15, 0.2) is 5.78 Å². The summed E-state index contributed by atoms with van der Waals surface area (Å²) >= 11 is 0. The molecule has 0 aliphatic heterocycles. The first-order valence-electron chi connectivity index (χ1n) is 7.97. The van der Waals surface area contributed by atoms with Gasteiger partial charge in [-0.3, -0.25) is 14.4 Å². The van der Waals surface area contributed by atoms with Crippen molar-refractivity contribution in [3.05, 3.63) is 70.5 Å². The number of methoxy groups -OCH3 is 1. The van der Waals surface area contributed by atoms with Gasteiger partial charge in [-0.25, -0.2) is 0 Å². The van der Waals surface area contributed by atoms with Crippen molar-refractivity contribution < 1.29 is 19.1 Å². The maximum Gasteiger partial charge on any atom is 0.308 e. The van der Waals surface area contributed by atoms with Gasteiger partial charge in [-0.1, -0.05) is 0 Å². The Bertz CT molecular complexity index is 1030. The Morgan fingerprint density at radius 1 is 0.962 bits per heavy atom. The van der Waals surface area contributed by atoms with E-state index in [2.05, 4.69) is 0 Å². The Morgan fingerprint density at radius 2 is 1.62 bits per heavy atom. The molecule has 0 fully saturated rings. The molecule has 0 radical (unpaired) electrons. The van der Waals surface area contributed by atoms with Crippen LogP contribution >= 0.6 is 0 Å². The molecule has 6 heteroatoms. The second-order valence-electron chi connectivity index (χ2n) is 5.72. The number of hydrogen-bond acceptors (Lipinski definition) is 5. The maximum absolute atomic E-state index is 12.6. The first-order valence-corrected chi connectivity index (χ1v) is 7.97. The van der Waals surface area contributed by atoms with Crippen LogP contribution in [-0.4, -0.2) is 23.4 Å². The Balaban J connectivity index is 1.99. The fourth-order valence-corrected chi connectivity index (χ4v) is 2.67. The summed E-state index contributed by atoms with van der Waals surface area (Å²) in [4.78, 5) is 36.1. The molecule has 0 unspecified atom stereocenters. The van der Waals surface area contributed by atoms with Gasteiger partial charge in [-0.05, 0) is 47.9 Å². The molecule has 0 N–H and O–H groups in total. The van der Waals surface area contributed by atoms with E-state index in [0.717, 1.165) is 5.39 Å². The number of hydrogen-bond donors (Lipinski definition) is 0. The average Bonchev–Trinajstić information content (AvgIpc) is 2.63. The highest BCUT2D eigenvalue weighted by atomic mass is 16.5. The second-order valence-corrected chi connectivity index (χ2v) is 5.72. The summed E-state index contributed by atoms with van der Waals surface area (Å²) in [6.07, 6.45) is 0. The molecule has 0 saturated heterocycles. The number of Topliss-reactive ketones (excluding diaryl/α,β-unsaturated/α-hetero) is 1. The van der Waals surface area contributed by atoms with Crippen molar-refractivity contribution in [1.82, 2.24) is 4.57 Å². The number of ketones is 1. The molecule has 1 aromatic heterocycles. The van der Waals surface area contributed by atoms with E-state index in [9.17, 15) is 14.4 Å². The molecule has 2 aromatic carbocycles. The predicted octanol–water partition coefficient (Wildman–Crippen LogP) is 2.82. The Kier molecular flexibility index (Phi) is 4.84. The van der Waals surface area contributed by atoms with E-state index in [4.69, 9.17) is 9.47 Å². The van der Waals surface area contributed by atoms with Crippen molar-refractivity contribution in [3.63, 3.8) is 0 Å². The normalized spacial score (nSPS) is 10.5. The van der Waals surface area contributed by atoms with Crippen LogP contribution in [0.15, 0.2) is 59.4 Å². The lowest BCUT2D eigenvalue weighted by Gasteiger charge is -2.11. The molecule has 0 atom stereocenters. The van der Waals surface area contributed by atoms with E-state index >= 15 is 0 Å². The van der Waals surface area contributed by atoms with Gasteiger partial charge in [0.05, 0.1) is 19.2 Å². The zero-order chi connectivity index (χ0) is 18.7. The van der Waals surface area contributed by atoms with Crippen molar-refractivity contribution in [3.8, 4) is 11.5 Å². The van der Waals surface area contributed by atoms with E-state index in [1.807, 2.05) is 0 Å². The molecule has 6 nitrogen and oxygen atoms in total. The van der Waals surface area contributed by atoms with E-state index in [0.29, 0.717) is 22.6 Å². The average molecular weight is 351 g/mol. The van der Waals surface area contributed by atoms with Crippen LogP contribution in [0.25, 0.3) is 10.9 Å². The fraction of sp³-hybridized carbons (Fsp3) is 0.150. The number of nitrogens with zero attached hydrogens (tertiary/aromatic N) is 1. The minimum absolute atomic E-state index is 0.119. The summed E-state index contributed by atoms with van der Waals surface area (Å²) in [7, 11) is 1.55. The van der Waals surface area contributed by atoms with Crippen molar-refractivity contribution in [2.75, 3.05) is 7.11 Å². The zero-order valence-electron chi connectivity index (χ0n) is 14.4. The monoisotopic (exact) mass is 351 g/mol. The van der Waals surface area contributed by atoms with Gasteiger partial charge >= 0.3 is 5.97 Å². The van der Waals surface area contributed by atoms with Gasteiger partial charge in [0.2, 0.25) is 0 Å². The molecule has 3 rings (SSSR count). The lowest BCUT2D eigenvalue weighted by molar-refractivity contribution is -0.131. The SMILES string of the molecule is COc1ccc(C(=O)Cn2c(=O)ccc3ccc(OC(C)=O)cc32)cc1. The van der Waals surface area contributed by atoms with Crippen molar-refractivity contribution >= 4 is 22.7 Å². The van der Waals surface area contributed by atoms with E-state index < -0.39 is 5.97 Å². The smallest absolute Gasteiger partial charge is 0.308 e. The highest BCUT2D eigenvalue weighted by molar-refractivity contribution is 5.97. The molecule has 1 heterocycles. The number of carbonyl (C=O) groups is 2. The molecule has 0 spiro atoms. The second kappa shape index (κ2) is 7.23. The van der Waals surface area contributed by atoms with Gasteiger partial charge in [0, 0.05) is 24.6 Å². The first-order chi connectivity index (χ1) is 12.5. The number of benzene rings is 2. The maximum atomic E-state index is 12.6. The minimum atomic E-state index is -0.455. The molecule has 26 heavy (non-hydrogen) atoms. The number of pyridine rings is 1. The lowest BCUT2D eigenvalue weighted by Crippen LogP contribution is -2.24. The van der Waals surface area contributed by atoms with Crippen molar-refractivity contribution in [2.24, 2.45) is 0 Å². The summed E-state index contributed by atoms with van der Waals surface area (Å²) in [5, 5.41) is 0.767. The number of carbonyl (C=O) groups excluding carboxylic acids is 2. The van der Waals surface area contributed by atoms with Crippen LogP contribution in [0.5, 0.6) is 11.5 Å². The van der Waals surface area contributed by atoms with E-state index in [1.165, 1.54) is 17.6 Å². The highest BCUT2D eigenvalue weighted by Gasteiger charge is 2.12. The van der Waals surface area contributed by atoms with E-state index in [1.54, 1.807) is 55.6 Å².